The van der Waals surface area contributed by atoms with Crippen LogP contribution in [-0.2, 0) is 6.42 Å². The molecule has 1 aromatic carbocycles. The normalized spacial score (nSPS) is 15.5. The van der Waals surface area contributed by atoms with Crippen molar-refractivity contribution in [3.63, 3.8) is 0 Å². The summed E-state index contributed by atoms with van der Waals surface area (Å²) in [7, 11) is 0. The van der Waals surface area contributed by atoms with E-state index >= 15 is 0 Å². The van der Waals surface area contributed by atoms with Crippen LogP contribution in [0.1, 0.15) is 11.3 Å². The highest BCUT2D eigenvalue weighted by molar-refractivity contribution is 5.64. The van der Waals surface area contributed by atoms with Gasteiger partial charge in [0.05, 0.1) is 23.0 Å². The maximum Gasteiger partial charge on any atom is 0.135 e. The van der Waals surface area contributed by atoms with Gasteiger partial charge in [0.2, 0.25) is 0 Å². The molecule has 1 aromatic heterocycles. The van der Waals surface area contributed by atoms with E-state index in [0.29, 0.717) is 0 Å². The Labute approximate surface area is 110 Å². The minimum Gasteiger partial charge on any atom is -0.464 e. The number of benzene rings is 1. The predicted octanol–water partition coefficient (Wildman–Crippen LogP) is 1.92. The van der Waals surface area contributed by atoms with Gasteiger partial charge < -0.3 is 9.72 Å². The maximum absolute atomic E-state index is 5.52. The zero-order valence-electron chi connectivity index (χ0n) is 10.3. The highest BCUT2D eigenvalue weighted by Gasteiger charge is 2.11. The van der Waals surface area contributed by atoms with E-state index in [2.05, 4.69) is 23.2 Å². The molecule has 0 fully saturated rings. The predicted molar refractivity (Wildman–Crippen MR) is 73.9 cm³/mol. The molecular weight excluding hydrogens is 236 g/mol. The molecule has 0 unspecified atom stereocenters. The lowest BCUT2D eigenvalue weighted by atomic mass is 10.0. The molecule has 0 saturated carbocycles. The number of aromatic amines is 1. The molecule has 0 saturated heterocycles. The third-order valence-corrected chi connectivity index (χ3v) is 3.42. The van der Waals surface area contributed by atoms with Crippen LogP contribution in [0.25, 0.3) is 11.8 Å². The lowest BCUT2D eigenvalue weighted by Crippen LogP contribution is -2.32. The summed E-state index contributed by atoms with van der Waals surface area (Å²) in [6.45, 7) is 0. The van der Waals surface area contributed by atoms with Crippen molar-refractivity contribution >= 4 is 11.8 Å². The minimum absolute atomic E-state index is 0.873. The quantitative estimate of drug-likeness (QED) is 0.822. The van der Waals surface area contributed by atoms with Gasteiger partial charge in [-0.2, -0.15) is 0 Å². The van der Waals surface area contributed by atoms with Crippen LogP contribution in [0.2, 0.25) is 0 Å². The summed E-state index contributed by atoms with van der Waals surface area (Å²) < 4.78 is 5.52. The standard InChI is InChI=1S/C16H12N2O/c1-4-13(17-9-1)14-7-5-11-6-8-15-12(16(11)18-14)3-2-10-19-15/h1-4,6-10,17H,5H2. The molecule has 0 bridgehead atoms. The largest absolute Gasteiger partial charge is 0.464 e. The summed E-state index contributed by atoms with van der Waals surface area (Å²) in [5, 5.41) is 2.09. The van der Waals surface area contributed by atoms with E-state index in [0.717, 1.165) is 34.1 Å². The van der Waals surface area contributed by atoms with Gasteiger partial charge in [-0.1, -0.05) is 12.1 Å². The molecule has 0 spiro atoms. The van der Waals surface area contributed by atoms with E-state index in [4.69, 9.17) is 9.73 Å². The highest BCUT2D eigenvalue weighted by Crippen LogP contribution is 2.17. The lowest BCUT2D eigenvalue weighted by molar-refractivity contribution is 0.473. The molecule has 2 aliphatic rings. The summed E-state index contributed by atoms with van der Waals surface area (Å²) in [6, 6.07) is 8.12. The van der Waals surface area contributed by atoms with Crippen molar-refractivity contribution in [2.24, 2.45) is 4.99 Å². The van der Waals surface area contributed by atoms with Gasteiger partial charge in [-0.05, 0) is 42.3 Å². The molecule has 2 aromatic rings. The van der Waals surface area contributed by atoms with Crippen molar-refractivity contribution in [1.29, 1.82) is 0 Å². The molecule has 1 N–H and O–H groups in total. The Hall–Kier alpha value is -2.55. The Kier molecular flexibility index (Phi) is 2.18. The zero-order valence-corrected chi connectivity index (χ0v) is 10.3. The van der Waals surface area contributed by atoms with Crippen molar-refractivity contribution in [3.8, 4) is 5.75 Å². The molecule has 19 heavy (non-hydrogen) atoms. The number of nitrogens with one attached hydrogen (secondary N) is 1. The van der Waals surface area contributed by atoms with E-state index in [1.54, 1.807) is 6.26 Å². The second-order valence-corrected chi connectivity index (χ2v) is 4.59. The third-order valence-electron chi connectivity index (χ3n) is 3.42. The highest BCUT2D eigenvalue weighted by atomic mass is 16.5. The number of rotatable bonds is 1. The number of allylic oxidation sites excluding steroid dienone is 2. The van der Waals surface area contributed by atoms with Crippen LogP contribution in [-0.4, -0.2) is 4.98 Å². The van der Waals surface area contributed by atoms with Crippen LogP contribution >= 0.6 is 0 Å². The first kappa shape index (κ1) is 10.4. The summed E-state index contributed by atoms with van der Waals surface area (Å²) in [4.78, 5) is 7.99. The average Bonchev–Trinajstić information content (AvgIpc) is 3.01. The molecule has 0 atom stereocenters. The minimum atomic E-state index is 0.873. The SMILES string of the molecule is C1=COc2ccc3c(c2=C1)=NC(c1ccc[nH]1)=CC3. The topological polar surface area (TPSA) is 37.4 Å². The van der Waals surface area contributed by atoms with Crippen LogP contribution < -0.4 is 15.3 Å². The molecule has 2 aliphatic heterocycles. The van der Waals surface area contributed by atoms with Gasteiger partial charge in [-0.15, -0.1) is 0 Å². The Balaban J connectivity index is 1.98. The Morgan fingerprint density at radius 1 is 1.21 bits per heavy atom. The lowest BCUT2D eigenvalue weighted by Gasteiger charge is -2.12. The number of hydrogen-bond acceptors (Lipinski definition) is 2. The first-order valence-corrected chi connectivity index (χ1v) is 6.30. The van der Waals surface area contributed by atoms with Gasteiger partial charge in [0, 0.05) is 11.4 Å². The molecule has 0 radical (unpaired) electrons. The number of H-pyrrole nitrogens is 1. The molecule has 3 nitrogen and oxygen atoms in total. The number of aromatic nitrogens is 1. The fraction of sp³-hybridized carbons (Fsp3) is 0.0625. The van der Waals surface area contributed by atoms with Gasteiger partial charge in [0.1, 0.15) is 5.75 Å². The number of ether oxygens (including phenoxy) is 1. The van der Waals surface area contributed by atoms with Crippen LogP contribution in [0.5, 0.6) is 5.75 Å². The molecule has 3 heteroatoms. The van der Waals surface area contributed by atoms with Crippen molar-refractivity contribution in [2.75, 3.05) is 0 Å². The van der Waals surface area contributed by atoms with E-state index in [9.17, 15) is 0 Å². The van der Waals surface area contributed by atoms with Gasteiger partial charge in [0.15, 0.2) is 0 Å². The molecule has 4 rings (SSSR count). The van der Waals surface area contributed by atoms with E-state index in [1.165, 1.54) is 5.56 Å². The van der Waals surface area contributed by atoms with Crippen LogP contribution in [0.15, 0.2) is 53.9 Å². The van der Waals surface area contributed by atoms with E-state index in [-0.39, 0.29) is 0 Å². The van der Waals surface area contributed by atoms with Gasteiger partial charge >= 0.3 is 0 Å². The first-order chi connectivity index (χ1) is 9.42. The molecule has 0 aliphatic carbocycles. The molecular formula is C16H12N2O. The third kappa shape index (κ3) is 1.63. The second kappa shape index (κ2) is 3.99. The molecule has 3 heterocycles. The summed E-state index contributed by atoms with van der Waals surface area (Å²) in [5.74, 6) is 0.873. The monoisotopic (exact) mass is 248 g/mol. The van der Waals surface area contributed by atoms with Crippen LogP contribution in [0.3, 0.4) is 0 Å². The molecule has 0 amide bonds. The average molecular weight is 248 g/mol. The Bertz CT molecular complexity index is 811. The van der Waals surface area contributed by atoms with Crippen molar-refractivity contribution in [1.82, 2.24) is 4.98 Å². The summed E-state index contributed by atoms with van der Waals surface area (Å²) in [6.07, 6.45) is 10.6. The Morgan fingerprint density at radius 3 is 3.11 bits per heavy atom. The molecule has 92 valence electrons. The maximum atomic E-state index is 5.52. The number of nitrogens with zero attached hydrogens (tertiary/aromatic N) is 1. The summed E-state index contributed by atoms with van der Waals surface area (Å²) >= 11 is 0. The van der Waals surface area contributed by atoms with Gasteiger partial charge in [0.25, 0.3) is 0 Å². The Morgan fingerprint density at radius 2 is 2.21 bits per heavy atom. The fourth-order valence-corrected chi connectivity index (χ4v) is 2.48. The number of hydrogen-bond donors (Lipinski definition) is 1. The van der Waals surface area contributed by atoms with Crippen molar-refractivity contribution in [2.45, 2.75) is 6.42 Å². The van der Waals surface area contributed by atoms with Gasteiger partial charge in [-0.25, -0.2) is 4.99 Å². The van der Waals surface area contributed by atoms with Crippen molar-refractivity contribution in [3.05, 3.63) is 70.7 Å². The van der Waals surface area contributed by atoms with Crippen molar-refractivity contribution < 1.29 is 4.74 Å². The zero-order chi connectivity index (χ0) is 12.7. The second-order valence-electron chi connectivity index (χ2n) is 4.59. The summed E-state index contributed by atoms with van der Waals surface area (Å²) in [5.41, 5.74) is 3.29. The van der Waals surface area contributed by atoms with E-state index in [1.807, 2.05) is 30.5 Å². The fourth-order valence-electron chi connectivity index (χ4n) is 2.48. The van der Waals surface area contributed by atoms with Gasteiger partial charge in [-0.3, -0.25) is 0 Å². The van der Waals surface area contributed by atoms with E-state index < -0.39 is 0 Å². The first-order valence-electron chi connectivity index (χ1n) is 6.30. The van der Waals surface area contributed by atoms with Crippen LogP contribution in [0, 0.1) is 0 Å². The smallest absolute Gasteiger partial charge is 0.135 e. The van der Waals surface area contributed by atoms with Crippen LogP contribution in [0.4, 0.5) is 0 Å². The number of fused-ring (bicyclic) bond motifs is 3.